The smallest absolute Gasteiger partial charge is 0.315 e. The Balaban J connectivity index is 1.87. The Morgan fingerprint density at radius 1 is 0.885 bits per heavy atom. The van der Waals surface area contributed by atoms with Crippen LogP contribution in [0.15, 0.2) is 91.0 Å². The minimum Gasteiger partial charge on any atom is -0.468 e. The van der Waals surface area contributed by atoms with Crippen LogP contribution >= 0.6 is 0 Å². The van der Waals surface area contributed by atoms with Crippen molar-refractivity contribution in [2.75, 3.05) is 7.11 Å². The van der Waals surface area contributed by atoms with Gasteiger partial charge in [-0.25, -0.2) is 0 Å². The molecule has 1 N–H and O–H groups in total. The Labute approximate surface area is 153 Å². The molecule has 3 nitrogen and oxygen atoms in total. The van der Waals surface area contributed by atoms with Crippen molar-refractivity contribution in [1.82, 2.24) is 5.32 Å². The lowest BCUT2D eigenvalue weighted by atomic mass is 9.77. The first-order valence-corrected chi connectivity index (χ1v) is 8.78. The highest BCUT2D eigenvalue weighted by Gasteiger charge is 2.63. The summed E-state index contributed by atoms with van der Waals surface area (Å²) < 4.78 is 5.22. The Hall–Kier alpha value is -2.91. The summed E-state index contributed by atoms with van der Waals surface area (Å²) in [6, 6.07) is 30.4. The van der Waals surface area contributed by atoms with E-state index in [1.165, 1.54) is 12.7 Å². The van der Waals surface area contributed by atoms with Crippen LogP contribution in [0.25, 0.3) is 0 Å². The van der Waals surface area contributed by atoms with Crippen LogP contribution in [0.5, 0.6) is 0 Å². The lowest BCUT2D eigenvalue weighted by Gasteiger charge is -2.26. The highest BCUT2D eigenvalue weighted by atomic mass is 16.5. The first kappa shape index (κ1) is 16.6. The van der Waals surface area contributed by atoms with Gasteiger partial charge in [0.15, 0.2) is 0 Å². The number of carbonyl (C=O) groups is 1. The summed E-state index contributed by atoms with van der Waals surface area (Å²) in [7, 11) is 1.46. The molecule has 1 heterocycles. The van der Waals surface area contributed by atoms with E-state index in [4.69, 9.17) is 4.74 Å². The molecule has 1 aliphatic rings. The van der Waals surface area contributed by atoms with E-state index in [1.54, 1.807) is 0 Å². The lowest BCUT2D eigenvalue weighted by Crippen LogP contribution is -2.31. The molecular formula is C23H21NO2. The van der Waals surface area contributed by atoms with E-state index in [1.807, 2.05) is 66.7 Å². The highest BCUT2D eigenvalue weighted by Crippen LogP contribution is 2.57. The second-order valence-corrected chi connectivity index (χ2v) is 6.59. The summed E-state index contributed by atoms with van der Waals surface area (Å²) in [6.45, 7) is 0. The van der Waals surface area contributed by atoms with E-state index in [9.17, 15) is 4.79 Å². The van der Waals surface area contributed by atoms with Gasteiger partial charge >= 0.3 is 5.97 Å². The van der Waals surface area contributed by atoms with Crippen LogP contribution in [0.3, 0.4) is 0 Å². The third kappa shape index (κ3) is 2.71. The summed E-state index contributed by atoms with van der Waals surface area (Å²) in [5, 5.41) is 3.63. The predicted molar refractivity (Wildman–Crippen MR) is 102 cm³/mol. The number of hydrogen-bond donors (Lipinski definition) is 1. The van der Waals surface area contributed by atoms with Crippen LogP contribution in [0, 0.1) is 0 Å². The van der Waals surface area contributed by atoms with Crippen LogP contribution in [-0.2, 0) is 15.1 Å². The molecule has 1 saturated heterocycles. The van der Waals surface area contributed by atoms with Crippen LogP contribution in [0.4, 0.5) is 0 Å². The molecule has 0 bridgehead atoms. The molecule has 26 heavy (non-hydrogen) atoms. The molecule has 3 atom stereocenters. The number of rotatable bonds is 5. The monoisotopic (exact) mass is 343 g/mol. The maximum atomic E-state index is 12.9. The minimum absolute atomic E-state index is 0.0513. The van der Waals surface area contributed by atoms with E-state index in [0.717, 1.165) is 11.1 Å². The van der Waals surface area contributed by atoms with Crippen molar-refractivity contribution in [3.8, 4) is 0 Å². The fraction of sp³-hybridized carbons (Fsp3) is 0.174. The van der Waals surface area contributed by atoms with Gasteiger partial charge in [-0.1, -0.05) is 91.0 Å². The molecule has 0 aliphatic carbocycles. The number of hydrogen-bond acceptors (Lipinski definition) is 3. The molecule has 3 heteroatoms. The SMILES string of the molecule is COC(=O)C(c1ccccc1)[C@]1(c2ccccc2)N[C@H]1c1ccccc1. The number of esters is 1. The topological polar surface area (TPSA) is 48.2 Å². The van der Waals surface area contributed by atoms with Crippen LogP contribution in [0.2, 0.25) is 0 Å². The van der Waals surface area contributed by atoms with E-state index < -0.39 is 11.5 Å². The first-order valence-electron chi connectivity index (χ1n) is 8.78. The van der Waals surface area contributed by atoms with Crippen LogP contribution in [0.1, 0.15) is 28.7 Å². The maximum absolute atomic E-state index is 12.9. The quantitative estimate of drug-likeness (QED) is 0.558. The lowest BCUT2D eigenvalue weighted by molar-refractivity contribution is -0.143. The van der Waals surface area contributed by atoms with Gasteiger partial charge < -0.3 is 4.74 Å². The molecule has 3 aromatic carbocycles. The number of carbonyl (C=O) groups excluding carboxylic acids is 1. The van der Waals surface area contributed by atoms with E-state index in [-0.39, 0.29) is 12.0 Å². The Morgan fingerprint density at radius 2 is 1.42 bits per heavy atom. The van der Waals surface area contributed by atoms with Crippen molar-refractivity contribution < 1.29 is 9.53 Å². The number of methoxy groups -OCH3 is 1. The molecule has 1 fully saturated rings. The number of benzene rings is 3. The molecule has 130 valence electrons. The summed E-state index contributed by atoms with van der Waals surface area (Å²) in [6.07, 6.45) is 0. The molecule has 0 spiro atoms. The molecular weight excluding hydrogens is 322 g/mol. The average Bonchev–Trinajstić information content (AvgIpc) is 3.46. The average molecular weight is 343 g/mol. The van der Waals surface area contributed by atoms with Gasteiger partial charge in [-0.15, -0.1) is 0 Å². The molecule has 3 aromatic rings. The van der Waals surface area contributed by atoms with Crippen molar-refractivity contribution >= 4 is 5.97 Å². The Kier molecular flexibility index (Phi) is 4.31. The third-order valence-corrected chi connectivity index (χ3v) is 5.16. The van der Waals surface area contributed by atoms with Crippen LogP contribution < -0.4 is 5.32 Å². The van der Waals surface area contributed by atoms with E-state index in [0.29, 0.717) is 0 Å². The van der Waals surface area contributed by atoms with Gasteiger partial charge in [-0.2, -0.15) is 0 Å². The first-order chi connectivity index (χ1) is 12.8. The van der Waals surface area contributed by atoms with Gasteiger partial charge in [0.1, 0.15) is 5.92 Å². The molecule has 0 saturated carbocycles. The van der Waals surface area contributed by atoms with Crippen molar-refractivity contribution in [2.45, 2.75) is 17.5 Å². The fourth-order valence-electron chi connectivity index (χ4n) is 3.92. The standard InChI is InChI=1S/C23H21NO2/c1-26-22(25)20(17-11-5-2-6-12-17)23(19-15-9-4-10-16-19)21(24-23)18-13-7-3-8-14-18/h2-16,20-21,24H,1H3/t20?,21-,23-/m0/s1. The van der Waals surface area contributed by atoms with Crippen molar-refractivity contribution in [3.63, 3.8) is 0 Å². The molecule has 4 rings (SSSR count). The van der Waals surface area contributed by atoms with Crippen molar-refractivity contribution in [2.24, 2.45) is 0 Å². The fourth-order valence-corrected chi connectivity index (χ4v) is 3.92. The highest BCUT2D eigenvalue weighted by molar-refractivity contribution is 5.82. The van der Waals surface area contributed by atoms with E-state index in [2.05, 4.69) is 29.6 Å². The molecule has 1 aliphatic heterocycles. The van der Waals surface area contributed by atoms with E-state index >= 15 is 0 Å². The number of nitrogens with one attached hydrogen (secondary N) is 1. The largest absolute Gasteiger partial charge is 0.468 e. The summed E-state index contributed by atoms with van der Waals surface area (Å²) >= 11 is 0. The zero-order chi connectivity index (χ0) is 18.0. The van der Waals surface area contributed by atoms with Gasteiger partial charge in [0.25, 0.3) is 0 Å². The Morgan fingerprint density at radius 3 is 2.00 bits per heavy atom. The van der Waals surface area contributed by atoms with Crippen molar-refractivity contribution in [1.29, 1.82) is 0 Å². The Bertz CT molecular complexity index is 880. The minimum atomic E-state index is -0.517. The zero-order valence-corrected chi connectivity index (χ0v) is 14.6. The second kappa shape index (κ2) is 6.77. The van der Waals surface area contributed by atoms with Crippen LogP contribution in [-0.4, -0.2) is 13.1 Å². The molecule has 1 unspecified atom stereocenters. The van der Waals surface area contributed by atoms with Gasteiger partial charge in [0.2, 0.25) is 0 Å². The van der Waals surface area contributed by atoms with Gasteiger partial charge in [0, 0.05) is 0 Å². The molecule has 0 radical (unpaired) electrons. The summed E-state index contributed by atoms with van der Waals surface area (Å²) in [4.78, 5) is 12.9. The van der Waals surface area contributed by atoms with Gasteiger partial charge in [0.05, 0.1) is 18.7 Å². The van der Waals surface area contributed by atoms with Crippen molar-refractivity contribution in [3.05, 3.63) is 108 Å². The maximum Gasteiger partial charge on any atom is 0.315 e. The third-order valence-electron chi connectivity index (χ3n) is 5.16. The number of ether oxygens (including phenoxy) is 1. The second-order valence-electron chi connectivity index (χ2n) is 6.59. The summed E-state index contributed by atoms with van der Waals surface area (Å²) in [5.74, 6) is -0.660. The summed E-state index contributed by atoms with van der Waals surface area (Å²) in [5.41, 5.74) is 2.69. The predicted octanol–water partition coefficient (Wildman–Crippen LogP) is 4.18. The molecule has 0 amide bonds. The van der Waals surface area contributed by atoms with Gasteiger partial charge in [-0.05, 0) is 16.7 Å². The zero-order valence-electron chi connectivity index (χ0n) is 14.6. The molecule has 0 aromatic heterocycles. The normalized spacial score (nSPS) is 22.4. The van der Waals surface area contributed by atoms with Gasteiger partial charge in [-0.3, -0.25) is 10.1 Å².